The number of aromatic carboxylic acids is 1. The molecule has 2 rings (SSSR count). The van der Waals surface area contributed by atoms with E-state index in [1.165, 1.54) is 19.2 Å². The molecule has 1 aromatic rings. The molecule has 1 aromatic carbocycles. The Labute approximate surface area is 114 Å². The lowest BCUT2D eigenvalue weighted by Gasteiger charge is -2.12. The summed E-state index contributed by atoms with van der Waals surface area (Å²) in [6.45, 7) is 0. The highest BCUT2D eigenvalue weighted by molar-refractivity contribution is 6.34. The van der Waals surface area contributed by atoms with E-state index in [-0.39, 0.29) is 28.4 Å². The molecule has 19 heavy (non-hydrogen) atoms. The van der Waals surface area contributed by atoms with E-state index in [2.05, 4.69) is 10.6 Å². The minimum absolute atomic E-state index is 0.0550. The van der Waals surface area contributed by atoms with Gasteiger partial charge in [0, 0.05) is 12.1 Å². The second-order valence-electron chi connectivity index (χ2n) is 4.21. The predicted molar refractivity (Wildman–Crippen MR) is 70.1 cm³/mol. The predicted octanol–water partition coefficient (Wildman–Crippen LogP) is 2.33. The minimum Gasteiger partial charge on any atom is -0.496 e. The number of amides is 2. The maximum atomic E-state index is 11.6. The third-order valence-electron chi connectivity index (χ3n) is 2.68. The van der Waals surface area contributed by atoms with Crippen LogP contribution < -0.4 is 15.4 Å². The Morgan fingerprint density at radius 2 is 2.11 bits per heavy atom. The fraction of sp³-hybridized carbons (Fsp3) is 0.333. The molecule has 0 spiro atoms. The lowest BCUT2D eigenvalue weighted by atomic mass is 10.2. The number of benzene rings is 1. The largest absolute Gasteiger partial charge is 0.496 e. The summed E-state index contributed by atoms with van der Waals surface area (Å²) in [7, 11) is 1.35. The zero-order valence-corrected chi connectivity index (χ0v) is 11.0. The zero-order valence-electron chi connectivity index (χ0n) is 10.2. The molecule has 7 heteroatoms. The van der Waals surface area contributed by atoms with E-state index in [1.807, 2.05) is 0 Å². The van der Waals surface area contributed by atoms with Gasteiger partial charge in [-0.2, -0.15) is 0 Å². The Hall–Kier alpha value is -1.95. The first-order valence-electron chi connectivity index (χ1n) is 5.69. The quantitative estimate of drug-likeness (QED) is 0.792. The van der Waals surface area contributed by atoms with Crippen molar-refractivity contribution in [3.8, 4) is 5.75 Å². The first-order valence-corrected chi connectivity index (χ1v) is 6.07. The number of hydrogen-bond acceptors (Lipinski definition) is 3. The summed E-state index contributed by atoms with van der Waals surface area (Å²) in [5, 5.41) is 14.4. The standard InChI is InChI=1S/C12H13ClN2O4/c1-19-10-5-9(8(13)4-7(10)11(16)17)15-12(18)14-6-2-3-6/h4-6H,2-3H2,1H3,(H,16,17)(H2,14,15,18). The van der Waals surface area contributed by atoms with Gasteiger partial charge in [0.15, 0.2) is 0 Å². The molecule has 102 valence electrons. The van der Waals surface area contributed by atoms with Crippen LogP contribution >= 0.6 is 11.6 Å². The van der Waals surface area contributed by atoms with E-state index in [0.29, 0.717) is 5.69 Å². The lowest BCUT2D eigenvalue weighted by molar-refractivity contribution is 0.0693. The summed E-state index contributed by atoms with van der Waals surface area (Å²) in [6, 6.07) is 2.49. The molecule has 1 saturated carbocycles. The van der Waals surface area contributed by atoms with Crippen molar-refractivity contribution >= 4 is 29.3 Å². The smallest absolute Gasteiger partial charge is 0.339 e. The number of methoxy groups -OCH3 is 1. The van der Waals surface area contributed by atoms with Gasteiger partial charge in [-0.15, -0.1) is 0 Å². The highest BCUT2D eigenvalue weighted by Gasteiger charge is 2.24. The number of carboxylic acid groups (broad SMARTS) is 1. The van der Waals surface area contributed by atoms with Crippen LogP contribution in [0.4, 0.5) is 10.5 Å². The number of urea groups is 1. The van der Waals surface area contributed by atoms with Gasteiger partial charge >= 0.3 is 12.0 Å². The fourth-order valence-electron chi connectivity index (χ4n) is 1.56. The molecular weight excluding hydrogens is 272 g/mol. The van der Waals surface area contributed by atoms with Gasteiger partial charge in [-0.1, -0.05) is 11.6 Å². The summed E-state index contributed by atoms with van der Waals surface area (Å²) in [5.74, 6) is -1.01. The summed E-state index contributed by atoms with van der Waals surface area (Å²) in [6.07, 6.45) is 1.95. The molecule has 0 aromatic heterocycles. The Morgan fingerprint density at radius 1 is 1.42 bits per heavy atom. The Balaban J connectivity index is 2.19. The second-order valence-corrected chi connectivity index (χ2v) is 4.62. The molecule has 0 radical (unpaired) electrons. The van der Waals surface area contributed by atoms with Crippen molar-refractivity contribution < 1.29 is 19.4 Å². The monoisotopic (exact) mass is 284 g/mol. The molecule has 1 fully saturated rings. The Morgan fingerprint density at radius 3 is 2.63 bits per heavy atom. The molecule has 6 nitrogen and oxygen atoms in total. The number of carbonyl (C=O) groups is 2. The number of rotatable bonds is 4. The third kappa shape index (κ3) is 3.29. The van der Waals surface area contributed by atoms with Crippen LogP contribution in [0.3, 0.4) is 0 Å². The van der Waals surface area contributed by atoms with Crippen LogP contribution in [0, 0.1) is 0 Å². The summed E-state index contributed by atoms with van der Waals surface area (Å²) in [4.78, 5) is 22.6. The second kappa shape index (κ2) is 5.36. The molecule has 0 unspecified atom stereocenters. The van der Waals surface area contributed by atoms with Gasteiger partial charge in [0.25, 0.3) is 0 Å². The Bertz CT molecular complexity index is 529. The van der Waals surface area contributed by atoms with E-state index in [9.17, 15) is 9.59 Å². The zero-order chi connectivity index (χ0) is 14.0. The van der Waals surface area contributed by atoms with Crippen molar-refractivity contribution in [3.05, 3.63) is 22.7 Å². The number of carboxylic acids is 1. The van der Waals surface area contributed by atoms with Crippen LogP contribution in [0.1, 0.15) is 23.2 Å². The van der Waals surface area contributed by atoms with E-state index in [4.69, 9.17) is 21.4 Å². The van der Waals surface area contributed by atoms with Crippen LogP contribution in [-0.4, -0.2) is 30.3 Å². The van der Waals surface area contributed by atoms with E-state index in [0.717, 1.165) is 12.8 Å². The molecule has 1 aliphatic carbocycles. The normalized spacial score (nSPS) is 13.8. The lowest BCUT2D eigenvalue weighted by Crippen LogP contribution is -2.30. The van der Waals surface area contributed by atoms with Crippen molar-refractivity contribution in [2.24, 2.45) is 0 Å². The van der Waals surface area contributed by atoms with E-state index >= 15 is 0 Å². The number of halogens is 1. The average molecular weight is 285 g/mol. The first-order chi connectivity index (χ1) is 9.01. The molecule has 0 saturated heterocycles. The summed E-state index contributed by atoms with van der Waals surface area (Å²) >= 11 is 5.94. The number of anilines is 1. The number of ether oxygens (including phenoxy) is 1. The van der Waals surface area contributed by atoms with E-state index in [1.54, 1.807) is 0 Å². The van der Waals surface area contributed by atoms with Gasteiger partial charge < -0.3 is 20.5 Å². The maximum Gasteiger partial charge on any atom is 0.339 e. The van der Waals surface area contributed by atoms with E-state index < -0.39 is 5.97 Å². The molecule has 0 atom stereocenters. The molecule has 2 amide bonds. The van der Waals surface area contributed by atoms with Crippen LogP contribution in [0.15, 0.2) is 12.1 Å². The fourth-order valence-corrected chi connectivity index (χ4v) is 1.77. The molecule has 3 N–H and O–H groups in total. The Kier molecular flexibility index (Phi) is 3.80. The van der Waals surface area contributed by atoms with Crippen molar-refractivity contribution in [1.29, 1.82) is 0 Å². The van der Waals surface area contributed by atoms with Gasteiger partial charge in [0.2, 0.25) is 0 Å². The minimum atomic E-state index is -1.15. The van der Waals surface area contributed by atoms with Crippen LogP contribution in [-0.2, 0) is 0 Å². The highest BCUT2D eigenvalue weighted by atomic mass is 35.5. The number of nitrogens with one attached hydrogen (secondary N) is 2. The van der Waals surface area contributed by atoms with Crippen molar-refractivity contribution in [3.63, 3.8) is 0 Å². The van der Waals surface area contributed by atoms with Gasteiger partial charge in [-0.3, -0.25) is 0 Å². The molecular formula is C12H13ClN2O4. The van der Waals surface area contributed by atoms with Gasteiger partial charge in [0.05, 0.1) is 17.8 Å². The van der Waals surface area contributed by atoms with Crippen molar-refractivity contribution in [1.82, 2.24) is 5.32 Å². The molecule has 1 aliphatic rings. The third-order valence-corrected chi connectivity index (χ3v) is 2.99. The molecule has 0 bridgehead atoms. The summed E-state index contributed by atoms with van der Waals surface area (Å²) in [5.41, 5.74) is 0.252. The first kappa shape index (κ1) is 13.5. The number of carbonyl (C=O) groups excluding carboxylic acids is 1. The van der Waals surface area contributed by atoms with Crippen molar-refractivity contribution in [2.45, 2.75) is 18.9 Å². The topological polar surface area (TPSA) is 87.7 Å². The van der Waals surface area contributed by atoms with Gasteiger partial charge in [0.1, 0.15) is 11.3 Å². The molecule has 0 aliphatic heterocycles. The molecule has 0 heterocycles. The van der Waals surface area contributed by atoms with Crippen LogP contribution in [0.5, 0.6) is 5.75 Å². The highest BCUT2D eigenvalue weighted by Crippen LogP contribution is 2.31. The number of hydrogen-bond donors (Lipinski definition) is 3. The van der Waals surface area contributed by atoms with Crippen LogP contribution in [0.2, 0.25) is 5.02 Å². The van der Waals surface area contributed by atoms with Gasteiger partial charge in [-0.05, 0) is 18.9 Å². The SMILES string of the molecule is COc1cc(NC(=O)NC2CC2)c(Cl)cc1C(=O)O. The maximum absolute atomic E-state index is 11.6. The summed E-state index contributed by atoms with van der Waals surface area (Å²) < 4.78 is 4.97. The average Bonchev–Trinajstić information content (AvgIpc) is 3.14. The van der Waals surface area contributed by atoms with Crippen molar-refractivity contribution in [2.75, 3.05) is 12.4 Å². The van der Waals surface area contributed by atoms with Crippen LogP contribution in [0.25, 0.3) is 0 Å². The van der Waals surface area contributed by atoms with Gasteiger partial charge in [-0.25, -0.2) is 9.59 Å².